The number of nitrogens with one attached hydrogen (secondary N) is 1. The Morgan fingerprint density at radius 3 is 2.79 bits per heavy atom. The number of ether oxygens (including phenoxy) is 1. The third kappa shape index (κ3) is 3.83. The summed E-state index contributed by atoms with van der Waals surface area (Å²) in [6, 6.07) is -7.34. The number of para-hydroxylation sites is 1. The molecular weight excluding hydrogens is 234 g/mol. The molecule has 1 N–H and O–H groups in total. The van der Waals surface area contributed by atoms with Crippen LogP contribution in [0.3, 0.4) is 0 Å². The molecule has 0 radical (unpaired) electrons. The second-order valence-corrected chi connectivity index (χ2v) is 3.42. The van der Waals surface area contributed by atoms with Crippen LogP contribution in [0.4, 0.5) is 0 Å². The molecule has 0 fully saturated rings. The molecule has 0 aliphatic rings. The molecule has 1 atom stereocenters. The van der Waals surface area contributed by atoms with Gasteiger partial charge in [-0.3, -0.25) is 0 Å². The van der Waals surface area contributed by atoms with Gasteiger partial charge in [-0.1, -0.05) is 48.3 Å². The van der Waals surface area contributed by atoms with Crippen LogP contribution < -0.4 is 10.1 Å². The summed E-state index contributed by atoms with van der Waals surface area (Å²) in [7, 11) is 0. The average Bonchev–Trinajstić information content (AvgIpc) is 2.74. The van der Waals surface area contributed by atoms with E-state index in [2.05, 4.69) is 0 Å². The Hall–Kier alpha value is -1.80. The van der Waals surface area contributed by atoms with Crippen molar-refractivity contribution in [1.29, 1.82) is 0 Å². The second-order valence-electron chi connectivity index (χ2n) is 3.42. The predicted molar refractivity (Wildman–Crippen MR) is 79.5 cm³/mol. The Bertz CT molecular complexity index is 1070. The largest absolute Gasteiger partial charge is 0.485 e. The van der Waals surface area contributed by atoms with E-state index < -0.39 is 91.7 Å². The van der Waals surface area contributed by atoms with E-state index in [9.17, 15) is 0 Å². The summed E-state index contributed by atoms with van der Waals surface area (Å²) in [5.74, 6) is -0.689. The van der Waals surface area contributed by atoms with Crippen LogP contribution in [0.1, 0.15) is 44.1 Å². The molecule has 0 saturated heterocycles. The molecule has 2 aromatic carbocycles. The molecule has 2 rings (SSSR count). The van der Waals surface area contributed by atoms with Crippen molar-refractivity contribution in [2.24, 2.45) is 0 Å². The lowest BCUT2D eigenvalue weighted by atomic mass is 10.1. The molecule has 0 aromatic heterocycles. The summed E-state index contributed by atoms with van der Waals surface area (Å²) in [5.41, 5.74) is -1.20. The van der Waals surface area contributed by atoms with Gasteiger partial charge in [0, 0.05) is 13.2 Å². The Labute approximate surface area is 136 Å². The van der Waals surface area contributed by atoms with Gasteiger partial charge in [-0.05, 0) is 37.6 Å². The summed E-state index contributed by atoms with van der Waals surface area (Å²) in [5, 5.41) is 1.88. The lowest BCUT2D eigenvalue weighted by Crippen LogP contribution is -2.16. The van der Waals surface area contributed by atoms with Gasteiger partial charge in [0.15, 0.2) is 0 Å². The maximum absolute atomic E-state index is 8.90. The smallest absolute Gasteiger partial charge is 0.125 e. The van der Waals surface area contributed by atoms with E-state index in [1.165, 1.54) is 6.92 Å². The fourth-order valence-corrected chi connectivity index (χ4v) is 1.23. The molecule has 0 aliphatic carbocycles. The zero-order chi connectivity index (χ0) is 26.5. The summed E-state index contributed by atoms with van der Waals surface area (Å²) in [6.45, 7) is -2.74. The van der Waals surface area contributed by atoms with E-state index in [1.54, 1.807) is 0 Å². The standard InChI is InChI=1S/C17H21NO/c1-14-8-6-7-11-16(14)19-17(12-13-18-2)15-9-4-3-5-10-15/h3-11,17-18H,12-13H2,1-2H3/i2D3,3D,4D,5D,6D,7D,8D,9D,10D,11D,12D2,17D. The molecule has 0 saturated carbocycles. The average molecular weight is 270 g/mol. The van der Waals surface area contributed by atoms with E-state index in [-0.39, 0.29) is 5.56 Å². The number of benzene rings is 2. The van der Waals surface area contributed by atoms with Crippen LogP contribution in [0.15, 0.2) is 54.4 Å². The summed E-state index contributed by atoms with van der Waals surface area (Å²) in [4.78, 5) is 0. The van der Waals surface area contributed by atoms with Crippen molar-refractivity contribution in [3.63, 3.8) is 0 Å². The molecule has 1 unspecified atom stereocenters. The van der Waals surface area contributed by atoms with Crippen LogP contribution in [0.25, 0.3) is 0 Å². The van der Waals surface area contributed by atoms with Gasteiger partial charge in [0.25, 0.3) is 0 Å². The molecule has 19 heavy (non-hydrogen) atoms. The normalized spacial score (nSPS) is 26.5. The van der Waals surface area contributed by atoms with E-state index in [0.717, 1.165) is 0 Å². The lowest BCUT2D eigenvalue weighted by molar-refractivity contribution is 0.193. The molecule has 0 amide bonds. The van der Waals surface area contributed by atoms with Crippen molar-refractivity contribution in [2.45, 2.75) is 19.4 Å². The molecule has 0 bridgehead atoms. The van der Waals surface area contributed by atoms with Gasteiger partial charge in [-0.25, -0.2) is 0 Å². The molecule has 0 heterocycles. The highest BCUT2D eigenvalue weighted by Crippen LogP contribution is 2.26. The summed E-state index contributed by atoms with van der Waals surface area (Å²) in [6.07, 6.45) is -6.35. The minimum Gasteiger partial charge on any atom is -0.485 e. The molecule has 2 aromatic rings. The lowest BCUT2D eigenvalue weighted by Gasteiger charge is -2.20. The van der Waals surface area contributed by atoms with Crippen LogP contribution in [-0.2, 0) is 0 Å². The molecule has 100 valence electrons. The van der Waals surface area contributed by atoms with Gasteiger partial charge in [0.2, 0.25) is 0 Å². The van der Waals surface area contributed by atoms with Crippen molar-refractivity contribution >= 4 is 0 Å². The van der Waals surface area contributed by atoms with E-state index in [1.807, 2.05) is 5.32 Å². The molecule has 2 heteroatoms. The minimum absolute atomic E-state index is 0.227. The molecular formula is C17H21NO. The Kier molecular flexibility index (Phi) is 1.50. The first-order valence-electron chi connectivity index (χ1n) is 12.9. The van der Waals surface area contributed by atoms with Crippen LogP contribution in [0, 0.1) is 6.92 Å². The monoisotopic (exact) mass is 270 g/mol. The topological polar surface area (TPSA) is 21.3 Å². The molecule has 2 nitrogen and oxygen atoms in total. The van der Waals surface area contributed by atoms with Crippen LogP contribution in [0.2, 0.25) is 0 Å². The SMILES string of the molecule is [2H]c1c([2H])c([2H])c(C([2H])(Oc2c([2H])c([2H])c([2H])c([2H])c2C)C([2H])([2H])CNC([2H])([2H])[2H])c([2H])c1[2H]. The number of hydrogen-bond acceptors (Lipinski definition) is 2. The highest BCUT2D eigenvalue weighted by molar-refractivity contribution is 5.33. The van der Waals surface area contributed by atoms with Crippen molar-refractivity contribution in [2.75, 3.05) is 13.5 Å². The third-order valence-electron chi connectivity index (χ3n) is 2.10. The highest BCUT2D eigenvalue weighted by atomic mass is 16.5. The van der Waals surface area contributed by atoms with Gasteiger partial charge in [-0.2, -0.15) is 0 Å². The maximum Gasteiger partial charge on any atom is 0.125 e. The van der Waals surface area contributed by atoms with E-state index in [0.29, 0.717) is 0 Å². The van der Waals surface area contributed by atoms with Crippen molar-refractivity contribution in [3.8, 4) is 5.75 Å². The van der Waals surface area contributed by atoms with Gasteiger partial charge < -0.3 is 10.1 Å². The zero-order valence-corrected chi connectivity index (χ0v) is 10.1. The first kappa shape index (κ1) is 4.10. The Balaban J connectivity index is 2.92. The quantitative estimate of drug-likeness (QED) is 0.863. The van der Waals surface area contributed by atoms with Gasteiger partial charge in [-0.15, -0.1) is 0 Å². The highest BCUT2D eigenvalue weighted by Gasteiger charge is 2.13. The predicted octanol–water partition coefficient (Wildman–Crippen LogP) is 3.72. The first-order chi connectivity index (χ1) is 15.3. The number of hydrogen-bond donors (Lipinski definition) is 1. The first-order valence-corrected chi connectivity index (χ1v) is 5.37. The summed E-state index contributed by atoms with van der Waals surface area (Å²) >= 11 is 0. The van der Waals surface area contributed by atoms with Crippen LogP contribution >= 0.6 is 0 Å². The van der Waals surface area contributed by atoms with E-state index in [4.69, 9.17) is 25.3 Å². The molecule has 0 aliphatic heterocycles. The van der Waals surface area contributed by atoms with Gasteiger partial charge in [0.05, 0.1) is 13.7 Å². The van der Waals surface area contributed by atoms with Gasteiger partial charge in [0.1, 0.15) is 11.8 Å². The van der Waals surface area contributed by atoms with Crippen molar-refractivity contribution in [3.05, 3.63) is 65.5 Å². The maximum atomic E-state index is 8.90. The fraction of sp³-hybridized carbons (Fsp3) is 0.294. The van der Waals surface area contributed by atoms with E-state index >= 15 is 0 Å². The number of rotatable bonds is 6. The third-order valence-corrected chi connectivity index (χ3v) is 2.10. The minimum atomic E-state index is -3.25. The van der Waals surface area contributed by atoms with Gasteiger partial charge >= 0.3 is 0 Å². The van der Waals surface area contributed by atoms with Crippen molar-refractivity contribution in [1.82, 2.24) is 5.32 Å². The molecule has 0 spiro atoms. The fourth-order valence-electron chi connectivity index (χ4n) is 1.23. The van der Waals surface area contributed by atoms with Crippen LogP contribution in [0.5, 0.6) is 5.75 Å². The second kappa shape index (κ2) is 6.95. The van der Waals surface area contributed by atoms with Crippen molar-refractivity contribution < 1.29 is 25.3 Å². The zero-order valence-electron chi connectivity index (χ0n) is 25.1. The summed E-state index contributed by atoms with van der Waals surface area (Å²) < 4.78 is 125. The van der Waals surface area contributed by atoms with Crippen LogP contribution in [-0.4, -0.2) is 13.5 Å². The Morgan fingerprint density at radius 1 is 1.26 bits per heavy atom. The Morgan fingerprint density at radius 2 is 2.00 bits per heavy atom.